The number of ether oxygens (including phenoxy) is 1. The molecule has 3 nitrogen and oxygen atoms in total. The Morgan fingerprint density at radius 1 is 1.31 bits per heavy atom. The minimum absolute atomic E-state index is 0.0383. The Hall–Kier alpha value is -1.30. The van der Waals surface area contributed by atoms with Crippen LogP contribution < -0.4 is 0 Å². The predicted octanol–water partition coefficient (Wildman–Crippen LogP) is 5.97. The van der Waals surface area contributed by atoms with Gasteiger partial charge in [0.25, 0.3) is 0 Å². The first-order valence-electron chi connectivity index (χ1n) is 10.9. The molecule has 0 N–H and O–H groups in total. The maximum Gasteiger partial charge on any atom is 0.176 e. The Labute approximate surface area is 179 Å². The summed E-state index contributed by atoms with van der Waals surface area (Å²) in [5.41, 5.74) is 2.39. The summed E-state index contributed by atoms with van der Waals surface area (Å²) in [6.07, 6.45) is 6.30. The van der Waals surface area contributed by atoms with Crippen LogP contribution in [0.2, 0.25) is 0 Å². The summed E-state index contributed by atoms with van der Waals surface area (Å²) in [6.45, 7) is 13.7. The standard InChI is InChI=1S/C24H35FN2OS/c1-6-23(5,20-9-8-18(3)26-16-20)27-15-14-24(17-27,19(4)28-7-2)13-12-21-10-11-22(25)29-21/h8-11,16,19H,6-7,12-15,17H2,1-5H3/t19-,23?,24-/m1/s1. The molecule has 0 saturated carbocycles. The molecule has 0 amide bonds. The van der Waals surface area contributed by atoms with Gasteiger partial charge in [-0.2, -0.15) is 4.39 Å². The SMILES string of the molecule is CCO[C@H](C)[C@]1(CCc2ccc(F)s2)CCN(C(C)(CC)c2ccc(C)nc2)C1. The third kappa shape index (κ3) is 4.73. The molecule has 0 aromatic carbocycles. The van der Waals surface area contributed by atoms with Crippen molar-refractivity contribution < 1.29 is 9.13 Å². The van der Waals surface area contributed by atoms with Crippen LogP contribution >= 0.6 is 11.3 Å². The summed E-state index contributed by atoms with van der Waals surface area (Å²) in [5, 5.41) is -0.0922. The molecule has 2 aromatic heterocycles. The van der Waals surface area contributed by atoms with Crippen molar-refractivity contribution >= 4 is 11.3 Å². The lowest BCUT2D eigenvalue weighted by atomic mass is 9.77. The Bertz CT molecular complexity index is 792. The third-order valence-corrected chi connectivity index (χ3v) is 8.02. The Balaban J connectivity index is 1.82. The molecule has 1 aliphatic rings. The Morgan fingerprint density at radius 2 is 2.10 bits per heavy atom. The fraction of sp³-hybridized carbons (Fsp3) is 0.625. The van der Waals surface area contributed by atoms with Crippen LogP contribution in [0.4, 0.5) is 4.39 Å². The number of likely N-dealkylation sites (tertiary alicyclic amines) is 1. The minimum Gasteiger partial charge on any atom is -0.378 e. The summed E-state index contributed by atoms with van der Waals surface area (Å²) in [4.78, 5) is 8.32. The van der Waals surface area contributed by atoms with Gasteiger partial charge in [-0.05, 0) is 83.7 Å². The van der Waals surface area contributed by atoms with Gasteiger partial charge in [0.05, 0.1) is 6.10 Å². The maximum absolute atomic E-state index is 13.5. The van der Waals surface area contributed by atoms with Crippen molar-refractivity contribution in [3.8, 4) is 0 Å². The fourth-order valence-corrected chi connectivity index (χ4v) is 5.46. The lowest BCUT2D eigenvalue weighted by molar-refractivity contribution is -0.0304. The first kappa shape index (κ1) is 22.4. The zero-order chi connectivity index (χ0) is 21.1. The normalized spacial score (nSPS) is 23.2. The lowest BCUT2D eigenvalue weighted by Gasteiger charge is -2.42. The van der Waals surface area contributed by atoms with Crippen molar-refractivity contribution in [2.75, 3.05) is 19.7 Å². The van der Waals surface area contributed by atoms with Gasteiger partial charge in [-0.3, -0.25) is 9.88 Å². The first-order valence-corrected chi connectivity index (χ1v) is 11.7. The van der Waals surface area contributed by atoms with E-state index in [1.807, 2.05) is 19.2 Å². The highest BCUT2D eigenvalue weighted by molar-refractivity contribution is 7.10. The van der Waals surface area contributed by atoms with Crippen LogP contribution in [0.15, 0.2) is 30.5 Å². The lowest BCUT2D eigenvalue weighted by Crippen LogP contribution is -2.45. The molecular formula is C24H35FN2OS. The zero-order valence-electron chi connectivity index (χ0n) is 18.5. The van der Waals surface area contributed by atoms with Gasteiger partial charge in [0.2, 0.25) is 0 Å². The van der Waals surface area contributed by atoms with E-state index in [9.17, 15) is 4.39 Å². The van der Waals surface area contributed by atoms with E-state index < -0.39 is 0 Å². The van der Waals surface area contributed by atoms with E-state index in [-0.39, 0.29) is 22.2 Å². The van der Waals surface area contributed by atoms with E-state index in [4.69, 9.17) is 4.74 Å². The topological polar surface area (TPSA) is 25.4 Å². The molecule has 0 spiro atoms. The average Bonchev–Trinajstić information content (AvgIpc) is 3.34. The number of halogens is 1. The van der Waals surface area contributed by atoms with Crippen LogP contribution in [0.1, 0.15) is 63.1 Å². The molecule has 2 aromatic rings. The van der Waals surface area contributed by atoms with E-state index in [1.54, 1.807) is 6.07 Å². The molecule has 1 saturated heterocycles. The maximum atomic E-state index is 13.5. The molecule has 3 rings (SSSR count). The van der Waals surface area contributed by atoms with Gasteiger partial charge in [0.15, 0.2) is 5.13 Å². The smallest absolute Gasteiger partial charge is 0.176 e. The number of nitrogens with zero attached hydrogens (tertiary/aromatic N) is 2. The molecule has 29 heavy (non-hydrogen) atoms. The van der Waals surface area contributed by atoms with Crippen molar-refractivity contribution in [3.63, 3.8) is 0 Å². The van der Waals surface area contributed by atoms with Gasteiger partial charge in [0.1, 0.15) is 0 Å². The van der Waals surface area contributed by atoms with Gasteiger partial charge >= 0.3 is 0 Å². The predicted molar refractivity (Wildman–Crippen MR) is 119 cm³/mol. The third-order valence-electron chi connectivity index (χ3n) is 7.08. The van der Waals surface area contributed by atoms with Gasteiger partial charge in [0, 0.05) is 40.9 Å². The number of hydrogen-bond donors (Lipinski definition) is 0. The molecule has 1 fully saturated rings. The molecule has 160 valence electrons. The molecule has 0 bridgehead atoms. The largest absolute Gasteiger partial charge is 0.378 e. The highest BCUT2D eigenvalue weighted by Gasteiger charge is 2.47. The van der Waals surface area contributed by atoms with Crippen molar-refractivity contribution in [1.82, 2.24) is 9.88 Å². The summed E-state index contributed by atoms with van der Waals surface area (Å²) in [7, 11) is 0. The molecule has 3 heterocycles. The summed E-state index contributed by atoms with van der Waals surface area (Å²) in [5.74, 6) is 0. The molecular weight excluding hydrogens is 383 g/mol. The van der Waals surface area contributed by atoms with Gasteiger partial charge in [-0.1, -0.05) is 13.0 Å². The minimum atomic E-state index is -0.0922. The molecule has 3 atom stereocenters. The van der Waals surface area contributed by atoms with E-state index in [1.165, 1.54) is 16.9 Å². The molecule has 5 heteroatoms. The van der Waals surface area contributed by atoms with E-state index in [0.29, 0.717) is 0 Å². The average molecular weight is 419 g/mol. The van der Waals surface area contributed by atoms with Crippen molar-refractivity contribution in [2.24, 2.45) is 5.41 Å². The summed E-state index contributed by atoms with van der Waals surface area (Å²) in [6, 6.07) is 7.85. The highest BCUT2D eigenvalue weighted by Crippen LogP contribution is 2.45. The van der Waals surface area contributed by atoms with Crippen molar-refractivity contribution in [3.05, 3.63) is 51.7 Å². The van der Waals surface area contributed by atoms with Crippen molar-refractivity contribution in [2.45, 2.75) is 71.9 Å². The molecule has 0 aliphatic carbocycles. The van der Waals surface area contributed by atoms with E-state index >= 15 is 0 Å². The number of pyridine rings is 1. The zero-order valence-corrected chi connectivity index (χ0v) is 19.3. The number of aromatic nitrogens is 1. The Kier molecular flexibility index (Phi) is 7.13. The second-order valence-corrected chi connectivity index (χ2v) is 9.77. The van der Waals surface area contributed by atoms with Gasteiger partial charge in [-0.15, -0.1) is 11.3 Å². The Morgan fingerprint density at radius 3 is 2.69 bits per heavy atom. The summed E-state index contributed by atoms with van der Waals surface area (Å²) >= 11 is 1.27. The van der Waals surface area contributed by atoms with Gasteiger partial charge in [-0.25, -0.2) is 0 Å². The van der Waals surface area contributed by atoms with Crippen LogP contribution in [0, 0.1) is 17.5 Å². The van der Waals surface area contributed by atoms with Crippen LogP contribution in [0.5, 0.6) is 0 Å². The first-order chi connectivity index (χ1) is 13.8. The van der Waals surface area contributed by atoms with Crippen LogP contribution in [0.25, 0.3) is 0 Å². The quantitative estimate of drug-likeness (QED) is 0.502. The number of thiophene rings is 1. The van der Waals surface area contributed by atoms with Crippen LogP contribution in [-0.4, -0.2) is 35.7 Å². The van der Waals surface area contributed by atoms with E-state index in [0.717, 1.165) is 56.0 Å². The monoisotopic (exact) mass is 418 g/mol. The van der Waals surface area contributed by atoms with E-state index in [2.05, 4.69) is 49.7 Å². The van der Waals surface area contributed by atoms with Crippen molar-refractivity contribution in [1.29, 1.82) is 0 Å². The summed E-state index contributed by atoms with van der Waals surface area (Å²) < 4.78 is 19.6. The molecule has 1 aliphatic heterocycles. The van der Waals surface area contributed by atoms with Gasteiger partial charge < -0.3 is 4.74 Å². The molecule has 0 radical (unpaired) electrons. The van der Waals surface area contributed by atoms with Crippen LogP contribution in [0.3, 0.4) is 0 Å². The van der Waals surface area contributed by atoms with Crippen LogP contribution in [-0.2, 0) is 16.7 Å². The fourth-order valence-electron chi connectivity index (χ4n) is 4.74. The second-order valence-electron chi connectivity index (χ2n) is 8.65. The second kappa shape index (κ2) is 9.23. The number of rotatable bonds is 9. The molecule has 1 unspecified atom stereocenters. The number of aryl methyl sites for hydroxylation is 2. The highest BCUT2D eigenvalue weighted by atomic mass is 32.1. The number of hydrogen-bond acceptors (Lipinski definition) is 4.